The fourth-order valence-electron chi connectivity index (χ4n) is 1.82. The van der Waals surface area contributed by atoms with E-state index in [1.807, 2.05) is 18.3 Å². The van der Waals surface area contributed by atoms with E-state index in [4.69, 9.17) is 5.73 Å². The molecule has 18 heavy (non-hydrogen) atoms. The first-order valence-electron chi connectivity index (χ1n) is 6.15. The van der Waals surface area contributed by atoms with Gasteiger partial charge in [-0.15, -0.1) is 5.10 Å². The zero-order chi connectivity index (χ0) is 12.8. The number of benzene rings is 1. The van der Waals surface area contributed by atoms with Crippen LogP contribution in [0.3, 0.4) is 0 Å². The van der Waals surface area contributed by atoms with Gasteiger partial charge in [0.15, 0.2) is 0 Å². The van der Waals surface area contributed by atoms with Crippen LogP contribution in [-0.4, -0.2) is 26.6 Å². The Morgan fingerprint density at radius 3 is 2.94 bits per heavy atom. The highest BCUT2D eigenvalue weighted by atomic mass is 16.3. The quantitative estimate of drug-likeness (QED) is 0.753. The molecule has 5 heteroatoms. The van der Waals surface area contributed by atoms with E-state index in [0.29, 0.717) is 6.54 Å². The first kappa shape index (κ1) is 12.6. The minimum Gasteiger partial charge on any atom is -0.508 e. The van der Waals surface area contributed by atoms with Gasteiger partial charge in [0.1, 0.15) is 5.75 Å². The molecular formula is C13H18N4O. The molecule has 0 saturated heterocycles. The van der Waals surface area contributed by atoms with E-state index in [2.05, 4.69) is 10.3 Å². The molecule has 2 aromatic rings. The number of unbranched alkanes of at least 4 members (excludes halogenated alkanes) is 1. The zero-order valence-corrected chi connectivity index (χ0v) is 10.3. The van der Waals surface area contributed by atoms with Crippen LogP contribution in [-0.2, 0) is 13.0 Å². The average Bonchev–Trinajstić information content (AvgIpc) is 2.77. The third-order valence-corrected chi connectivity index (χ3v) is 2.73. The van der Waals surface area contributed by atoms with Crippen LogP contribution in [0.25, 0.3) is 0 Å². The van der Waals surface area contributed by atoms with Gasteiger partial charge in [-0.3, -0.25) is 0 Å². The van der Waals surface area contributed by atoms with Crippen molar-refractivity contribution in [2.45, 2.75) is 25.8 Å². The molecule has 5 nitrogen and oxygen atoms in total. The number of hydrogen-bond donors (Lipinski definition) is 2. The molecule has 0 aliphatic heterocycles. The van der Waals surface area contributed by atoms with E-state index in [0.717, 1.165) is 37.1 Å². The van der Waals surface area contributed by atoms with Crippen molar-refractivity contribution in [3.05, 3.63) is 41.7 Å². The number of aromatic nitrogens is 3. The van der Waals surface area contributed by atoms with Crippen LogP contribution in [0.4, 0.5) is 0 Å². The Balaban J connectivity index is 1.94. The number of aromatic hydroxyl groups is 1. The number of rotatable bonds is 6. The molecule has 0 unspecified atom stereocenters. The maximum absolute atomic E-state index is 9.38. The summed E-state index contributed by atoms with van der Waals surface area (Å²) in [5, 5.41) is 17.6. The summed E-state index contributed by atoms with van der Waals surface area (Å²) in [5.74, 6) is 0.274. The predicted molar refractivity (Wildman–Crippen MR) is 69.2 cm³/mol. The SMILES string of the molecule is NCCCCc1cn(Cc2cccc(O)c2)nn1. The van der Waals surface area contributed by atoms with E-state index >= 15 is 0 Å². The number of hydrogen-bond acceptors (Lipinski definition) is 4. The molecule has 0 amide bonds. The number of phenols is 1. The third-order valence-electron chi connectivity index (χ3n) is 2.73. The van der Waals surface area contributed by atoms with Gasteiger partial charge in [-0.2, -0.15) is 0 Å². The van der Waals surface area contributed by atoms with Gasteiger partial charge in [0.2, 0.25) is 0 Å². The van der Waals surface area contributed by atoms with Crippen molar-refractivity contribution in [2.75, 3.05) is 6.54 Å². The van der Waals surface area contributed by atoms with Crippen molar-refractivity contribution in [1.29, 1.82) is 0 Å². The summed E-state index contributed by atoms with van der Waals surface area (Å²) < 4.78 is 1.78. The molecule has 0 radical (unpaired) electrons. The van der Waals surface area contributed by atoms with Crippen molar-refractivity contribution in [3.63, 3.8) is 0 Å². The molecule has 96 valence electrons. The topological polar surface area (TPSA) is 77.0 Å². The fourth-order valence-corrected chi connectivity index (χ4v) is 1.82. The summed E-state index contributed by atoms with van der Waals surface area (Å²) in [4.78, 5) is 0. The van der Waals surface area contributed by atoms with Crippen LogP contribution in [0.15, 0.2) is 30.5 Å². The van der Waals surface area contributed by atoms with Crippen LogP contribution in [0.2, 0.25) is 0 Å². The van der Waals surface area contributed by atoms with E-state index in [1.165, 1.54) is 0 Å². The van der Waals surface area contributed by atoms with E-state index in [1.54, 1.807) is 16.8 Å². The van der Waals surface area contributed by atoms with E-state index in [9.17, 15) is 5.11 Å². The van der Waals surface area contributed by atoms with Crippen molar-refractivity contribution < 1.29 is 5.11 Å². The molecule has 0 saturated carbocycles. The Morgan fingerprint density at radius 2 is 2.17 bits per heavy atom. The van der Waals surface area contributed by atoms with Crippen LogP contribution in [0, 0.1) is 0 Å². The highest BCUT2D eigenvalue weighted by molar-refractivity contribution is 5.27. The largest absolute Gasteiger partial charge is 0.508 e. The summed E-state index contributed by atoms with van der Waals surface area (Å²) in [6.07, 6.45) is 4.92. The van der Waals surface area contributed by atoms with Gasteiger partial charge in [-0.1, -0.05) is 17.3 Å². The van der Waals surface area contributed by atoms with Gasteiger partial charge in [0, 0.05) is 6.20 Å². The van der Waals surface area contributed by atoms with Crippen LogP contribution in [0.5, 0.6) is 5.75 Å². The summed E-state index contributed by atoms with van der Waals surface area (Å²) in [6.45, 7) is 1.34. The zero-order valence-electron chi connectivity index (χ0n) is 10.3. The Kier molecular flexibility index (Phi) is 4.30. The molecule has 0 bridgehead atoms. The summed E-state index contributed by atoms with van der Waals surface area (Å²) in [5.41, 5.74) is 7.45. The molecule has 0 spiro atoms. The van der Waals surface area contributed by atoms with Gasteiger partial charge in [-0.05, 0) is 43.5 Å². The number of phenolic OH excluding ortho intramolecular Hbond substituents is 1. The lowest BCUT2D eigenvalue weighted by molar-refractivity contribution is 0.474. The lowest BCUT2D eigenvalue weighted by Gasteiger charge is -2.01. The van der Waals surface area contributed by atoms with E-state index < -0.39 is 0 Å². The lowest BCUT2D eigenvalue weighted by Crippen LogP contribution is -2.00. The first-order valence-corrected chi connectivity index (χ1v) is 6.15. The van der Waals surface area contributed by atoms with Crippen molar-refractivity contribution in [2.24, 2.45) is 5.73 Å². The van der Waals surface area contributed by atoms with Gasteiger partial charge in [0.05, 0.1) is 12.2 Å². The van der Waals surface area contributed by atoms with Crippen LogP contribution < -0.4 is 5.73 Å². The van der Waals surface area contributed by atoms with Gasteiger partial charge in [-0.25, -0.2) is 4.68 Å². The minimum absolute atomic E-state index is 0.274. The highest BCUT2D eigenvalue weighted by Gasteiger charge is 2.02. The fraction of sp³-hybridized carbons (Fsp3) is 0.385. The van der Waals surface area contributed by atoms with Crippen LogP contribution >= 0.6 is 0 Å². The molecule has 0 atom stereocenters. The number of aryl methyl sites for hydroxylation is 1. The summed E-state index contributed by atoms with van der Waals surface area (Å²) in [7, 11) is 0. The second-order valence-electron chi connectivity index (χ2n) is 4.32. The monoisotopic (exact) mass is 246 g/mol. The molecule has 1 aromatic carbocycles. The standard InChI is InChI=1S/C13H18N4O/c14-7-2-1-5-12-10-17(16-15-12)9-11-4-3-6-13(18)8-11/h3-4,6,8,10,18H,1-2,5,7,9,14H2. The molecular weight excluding hydrogens is 228 g/mol. The Labute approximate surface area is 106 Å². The Hall–Kier alpha value is -1.88. The number of nitrogens with two attached hydrogens (primary N) is 1. The molecule has 0 fully saturated rings. The van der Waals surface area contributed by atoms with Gasteiger partial charge in [0.25, 0.3) is 0 Å². The Bertz CT molecular complexity index is 495. The highest BCUT2D eigenvalue weighted by Crippen LogP contribution is 2.12. The van der Waals surface area contributed by atoms with E-state index in [-0.39, 0.29) is 5.75 Å². The molecule has 0 aliphatic carbocycles. The Morgan fingerprint density at radius 1 is 1.28 bits per heavy atom. The van der Waals surface area contributed by atoms with Gasteiger partial charge < -0.3 is 10.8 Å². The molecule has 0 aliphatic rings. The summed E-state index contributed by atoms with van der Waals surface area (Å²) in [6, 6.07) is 7.16. The maximum Gasteiger partial charge on any atom is 0.115 e. The lowest BCUT2D eigenvalue weighted by atomic mass is 10.2. The van der Waals surface area contributed by atoms with Crippen molar-refractivity contribution in [3.8, 4) is 5.75 Å². The smallest absolute Gasteiger partial charge is 0.115 e. The number of nitrogens with zero attached hydrogens (tertiary/aromatic N) is 3. The molecule has 1 heterocycles. The van der Waals surface area contributed by atoms with Crippen LogP contribution in [0.1, 0.15) is 24.1 Å². The normalized spacial score (nSPS) is 10.7. The molecule has 3 N–H and O–H groups in total. The van der Waals surface area contributed by atoms with Crippen molar-refractivity contribution in [1.82, 2.24) is 15.0 Å². The van der Waals surface area contributed by atoms with Gasteiger partial charge >= 0.3 is 0 Å². The maximum atomic E-state index is 9.38. The third kappa shape index (κ3) is 3.56. The van der Waals surface area contributed by atoms with Crippen molar-refractivity contribution >= 4 is 0 Å². The predicted octanol–water partition coefficient (Wildman–Crippen LogP) is 1.31. The second kappa shape index (κ2) is 6.16. The molecule has 1 aromatic heterocycles. The average molecular weight is 246 g/mol. The second-order valence-corrected chi connectivity index (χ2v) is 4.32. The minimum atomic E-state index is 0.274. The summed E-state index contributed by atoms with van der Waals surface area (Å²) >= 11 is 0. The molecule has 2 rings (SSSR count). The first-order chi connectivity index (χ1) is 8.78.